The molecule has 1 atom stereocenters. The van der Waals surface area contributed by atoms with Gasteiger partial charge in [-0.05, 0) is 19.9 Å². The summed E-state index contributed by atoms with van der Waals surface area (Å²) in [5.41, 5.74) is -1.44. The lowest BCUT2D eigenvalue weighted by Gasteiger charge is -2.37. The highest BCUT2D eigenvalue weighted by Gasteiger charge is 2.43. The fourth-order valence-corrected chi connectivity index (χ4v) is 4.17. The van der Waals surface area contributed by atoms with Gasteiger partial charge in [0.15, 0.2) is 11.4 Å². The van der Waals surface area contributed by atoms with Crippen molar-refractivity contribution in [2.45, 2.75) is 39.1 Å². The van der Waals surface area contributed by atoms with Gasteiger partial charge in [-0.15, -0.1) is 0 Å². The van der Waals surface area contributed by atoms with Crippen LogP contribution in [0.1, 0.15) is 40.3 Å². The Morgan fingerprint density at radius 3 is 2.68 bits per heavy atom. The molecule has 1 fully saturated rings. The third-order valence-electron chi connectivity index (χ3n) is 5.78. The van der Waals surface area contributed by atoms with Gasteiger partial charge in [-0.25, -0.2) is 8.78 Å². The van der Waals surface area contributed by atoms with E-state index in [1.54, 1.807) is 4.90 Å². The molecule has 2 aromatic rings. The predicted octanol–water partition coefficient (Wildman–Crippen LogP) is 1.27. The minimum absolute atomic E-state index is 0.0429. The van der Waals surface area contributed by atoms with E-state index in [1.165, 1.54) is 16.8 Å². The molecule has 10 heteroatoms. The molecule has 8 nitrogen and oxygen atoms in total. The fraction of sp³-hybridized carbons (Fsp3) is 0.381. The van der Waals surface area contributed by atoms with Crippen LogP contribution in [-0.2, 0) is 13.1 Å². The van der Waals surface area contributed by atoms with Crippen molar-refractivity contribution in [2.75, 3.05) is 13.1 Å². The molecule has 2 amide bonds. The third kappa shape index (κ3) is 3.56. The number of benzene rings is 1. The molecule has 3 heterocycles. The Kier molecular flexibility index (Phi) is 5.26. The molecule has 1 aromatic heterocycles. The maximum absolute atomic E-state index is 13.8. The molecule has 1 saturated heterocycles. The maximum atomic E-state index is 13.8. The number of carbonyl (C=O) groups excluding carboxylic acids is 2. The zero-order valence-corrected chi connectivity index (χ0v) is 17.1. The predicted molar refractivity (Wildman–Crippen MR) is 107 cm³/mol. The van der Waals surface area contributed by atoms with Gasteiger partial charge in [0, 0.05) is 43.5 Å². The van der Waals surface area contributed by atoms with Gasteiger partial charge in [-0.1, -0.05) is 6.07 Å². The average molecular weight is 432 g/mol. The number of pyridine rings is 1. The first-order valence-electron chi connectivity index (χ1n) is 9.94. The summed E-state index contributed by atoms with van der Waals surface area (Å²) in [5, 5.41) is 12.8. The van der Waals surface area contributed by atoms with E-state index in [1.807, 2.05) is 13.8 Å². The number of hydrogen-bond acceptors (Lipinski definition) is 5. The van der Waals surface area contributed by atoms with Gasteiger partial charge < -0.3 is 19.9 Å². The van der Waals surface area contributed by atoms with Crippen LogP contribution in [0.3, 0.4) is 0 Å². The number of aromatic hydroxyl groups is 1. The molecule has 0 bridgehead atoms. The summed E-state index contributed by atoms with van der Waals surface area (Å²) in [4.78, 5) is 41.8. The van der Waals surface area contributed by atoms with Crippen LogP contribution < -0.4 is 10.7 Å². The largest absolute Gasteiger partial charge is 0.503 e. The molecule has 1 unspecified atom stereocenters. The van der Waals surface area contributed by atoms with Crippen molar-refractivity contribution in [3.8, 4) is 5.75 Å². The number of halogens is 2. The summed E-state index contributed by atoms with van der Waals surface area (Å²) < 4.78 is 28.3. The number of aromatic nitrogens is 1. The average Bonchev–Trinajstić information content (AvgIpc) is 3.14. The van der Waals surface area contributed by atoms with Gasteiger partial charge in [0.1, 0.15) is 23.4 Å². The number of hydrogen-bond donors (Lipinski definition) is 2. The van der Waals surface area contributed by atoms with Crippen LogP contribution in [0.25, 0.3) is 0 Å². The van der Waals surface area contributed by atoms with E-state index in [0.29, 0.717) is 25.7 Å². The number of fused-ring (bicyclic) bond motifs is 2. The number of rotatable bonds is 4. The van der Waals surface area contributed by atoms with Gasteiger partial charge >= 0.3 is 0 Å². The van der Waals surface area contributed by atoms with Crippen molar-refractivity contribution < 1.29 is 23.5 Å². The second kappa shape index (κ2) is 7.77. The van der Waals surface area contributed by atoms with Crippen LogP contribution in [0.2, 0.25) is 0 Å². The van der Waals surface area contributed by atoms with Gasteiger partial charge in [0.2, 0.25) is 5.43 Å². The van der Waals surface area contributed by atoms with Gasteiger partial charge in [-0.3, -0.25) is 19.3 Å². The summed E-state index contributed by atoms with van der Waals surface area (Å²) >= 11 is 0. The Balaban J connectivity index is 1.63. The normalized spacial score (nSPS) is 18.3. The van der Waals surface area contributed by atoms with Gasteiger partial charge in [0.25, 0.3) is 11.8 Å². The summed E-state index contributed by atoms with van der Waals surface area (Å²) in [7, 11) is 0. The second-order valence-corrected chi connectivity index (χ2v) is 7.95. The zero-order valence-electron chi connectivity index (χ0n) is 17.1. The SMILES string of the molecule is CC(C)N1CCN2C(=O)c3c(O)c(=O)c(C(=O)NCc4ccc(F)cc4F)cn3CC21. The van der Waals surface area contributed by atoms with Gasteiger partial charge in [0.05, 0.1) is 6.54 Å². The third-order valence-corrected chi connectivity index (χ3v) is 5.78. The van der Waals surface area contributed by atoms with Crippen molar-refractivity contribution in [2.24, 2.45) is 0 Å². The Bertz CT molecular complexity index is 1130. The molecule has 0 spiro atoms. The van der Waals surface area contributed by atoms with Crippen molar-refractivity contribution in [1.29, 1.82) is 0 Å². The minimum atomic E-state index is -0.977. The highest BCUT2D eigenvalue weighted by atomic mass is 19.1. The molecule has 2 aliphatic heterocycles. The van der Waals surface area contributed by atoms with Crippen LogP contribution in [0.4, 0.5) is 8.78 Å². The summed E-state index contributed by atoms with van der Waals surface area (Å²) in [5.74, 6) is -3.65. The van der Waals surface area contributed by atoms with Crippen molar-refractivity contribution in [3.63, 3.8) is 0 Å². The topological polar surface area (TPSA) is 94.9 Å². The molecule has 0 radical (unpaired) electrons. The van der Waals surface area contributed by atoms with Crippen molar-refractivity contribution in [1.82, 2.24) is 19.7 Å². The Labute approximate surface area is 176 Å². The van der Waals surface area contributed by atoms with E-state index in [4.69, 9.17) is 0 Å². The summed E-state index contributed by atoms with van der Waals surface area (Å²) in [6.45, 7) is 5.20. The quantitative estimate of drug-likeness (QED) is 0.759. The molecule has 31 heavy (non-hydrogen) atoms. The van der Waals surface area contributed by atoms with E-state index in [-0.39, 0.29) is 35.6 Å². The molecular formula is C21H22F2N4O4. The lowest BCUT2D eigenvalue weighted by molar-refractivity contribution is 0.0452. The van der Waals surface area contributed by atoms with E-state index in [2.05, 4.69) is 10.2 Å². The molecule has 0 aliphatic carbocycles. The maximum Gasteiger partial charge on any atom is 0.275 e. The number of carbonyl (C=O) groups is 2. The smallest absolute Gasteiger partial charge is 0.275 e. The molecule has 1 aromatic carbocycles. The molecule has 164 valence electrons. The van der Waals surface area contributed by atoms with Crippen molar-refractivity contribution in [3.05, 3.63) is 63.1 Å². The minimum Gasteiger partial charge on any atom is -0.503 e. The lowest BCUT2D eigenvalue weighted by atomic mass is 10.1. The van der Waals surface area contributed by atoms with E-state index >= 15 is 0 Å². The number of nitrogens with one attached hydrogen (secondary N) is 1. The number of nitrogens with zero attached hydrogens (tertiary/aromatic N) is 3. The van der Waals surface area contributed by atoms with Crippen LogP contribution >= 0.6 is 0 Å². The lowest BCUT2D eigenvalue weighted by Crippen LogP contribution is -2.52. The van der Waals surface area contributed by atoms with Crippen LogP contribution in [-0.4, -0.2) is 56.6 Å². The first-order chi connectivity index (χ1) is 14.7. The number of amides is 2. The van der Waals surface area contributed by atoms with Crippen LogP contribution in [0, 0.1) is 11.6 Å². The molecule has 2 N–H and O–H groups in total. The Morgan fingerprint density at radius 2 is 2.00 bits per heavy atom. The van der Waals surface area contributed by atoms with Gasteiger partial charge in [-0.2, -0.15) is 0 Å². The molecule has 0 saturated carbocycles. The fourth-order valence-electron chi connectivity index (χ4n) is 4.17. The Hall–Kier alpha value is -3.27. The van der Waals surface area contributed by atoms with Crippen molar-refractivity contribution >= 4 is 11.8 Å². The molecular weight excluding hydrogens is 410 g/mol. The summed E-state index contributed by atoms with van der Waals surface area (Å²) in [6, 6.07) is 3.13. The van der Waals surface area contributed by atoms with Crippen LogP contribution in [0.15, 0.2) is 29.2 Å². The van der Waals surface area contributed by atoms with E-state index < -0.39 is 34.6 Å². The molecule has 4 rings (SSSR count). The van der Waals surface area contributed by atoms with E-state index in [9.17, 15) is 28.3 Å². The monoisotopic (exact) mass is 432 g/mol. The Morgan fingerprint density at radius 1 is 1.26 bits per heavy atom. The first kappa shape index (κ1) is 21.0. The van der Waals surface area contributed by atoms with Crippen LogP contribution in [0.5, 0.6) is 5.75 Å². The van der Waals surface area contributed by atoms with E-state index in [0.717, 1.165) is 6.07 Å². The summed E-state index contributed by atoms with van der Waals surface area (Å²) in [6.07, 6.45) is 1.01. The first-order valence-corrected chi connectivity index (χ1v) is 9.94. The standard InChI is InChI=1S/C21H22F2N4O4/c1-11(2)26-5-6-27-16(26)10-25-9-14(18(28)19(29)17(25)21(27)31)20(30)24-8-12-3-4-13(22)7-15(12)23/h3-4,7,9,11,16,29H,5-6,8,10H2,1-2H3,(H,24,30). The second-order valence-electron chi connectivity index (χ2n) is 7.95. The highest BCUT2D eigenvalue weighted by Crippen LogP contribution is 2.29. The zero-order chi connectivity index (χ0) is 22.4. The molecule has 2 aliphatic rings. The highest BCUT2D eigenvalue weighted by molar-refractivity contribution is 5.99.